The van der Waals surface area contributed by atoms with Gasteiger partial charge < -0.3 is 14.8 Å². The maximum atomic E-state index is 9.68. The van der Waals surface area contributed by atoms with Crippen LogP contribution in [0.5, 0.6) is 11.6 Å². The zero-order valence-corrected chi connectivity index (χ0v) is 15.0. The molecule has 5 nitrogen and oxygen atoms in total. The van der Waals surface area contributed by atoms with Crippen molar-refractivity contribution in [2.75, 3.05) is 13.1 Å². The summed E-state index contributed by atoms with van der Waals surface area (Å²) < 4.78 is 5.91. The third-order valence-electron chi connectivity index (χ3n) is 4.10. The van der Waals surface area contributed by atoms with Crippen LogP contribution in [0.4, 0.5) is 0 Å². The number of benzene rings is 1. The van der Waals surface area contributed by atoms with Crippen molar-refractivity contribution in [2.45, 2.75) is 26.2 Å². The number of halogens is 1. The van der Waals surface area contributed by atoms with E-state index in [1.807, 2.05) is 12.1 Å². The van der Waals surface area contributed by atoms with Gasteiger partial charge in [0.2, 0.25) is 5.88 Å². The molecule has 6 heteroatoms. The number of oxime groups is 1. The Hall–Kier alpha value is -2.27. The van der Waals surface area contributed by atoms with Crippen LogP contribution in [0.25, 0.3) is 0 Å². The lowest BCUT2D eigenvalue weighted by Gasteiger charge is -2.25. The van der Waals surface area contributed by atoms with Gasteiger partial charge in [0.1, 0.15) is 5.75 Å². The minimum absolute atomic E-state index is 0.412. The predicted octanol–water partition coefficient (Wildman–Crippen LogP) is 4.79. The normalized spacial score (nSPS) is 14.4. The Bertz CT molecular complexity index is 730. The summed E-state index contributed by atoms with van der Waals surface area (Å²) in [7, 11) is 0. The second-order valence-corrected chi connectivity index (χ2v) is 6.66. The van der Waals surface area contributed by atoms with Gasteiger partial charge >= 0.3 is 0 Å². The first-order valence-electron chi connectivity index (χ1n) is 8.57. The smallest absolute Gasteiger partial charge is 0.230 e. The summed E-state index contributed by atoms with van der Waals surface area (Å²) >= 11 is 5.92. The Morgan fingerprint density at radius 2 is 2.08 bits per heavy atom. The zero-order chi connectivity index (χ0) is 17.6. The molecule has 0 aliphatic heterocycles. The molecule has 0 saturated heterocycles. The molecular formula is C19H22ClN3O2. The minimum Gasteiger partial charge on any atom is -0.438 e. The Morgan fingerprint density at radius 3 is 2.72 bits per heavy atom. The number of amidine groups is 1. The van der Waals surface area contributed by atoms with Crippen LogP contribution in [0.1, 0.15) is 31.7 Å². The van der Waals surface area contributed by atoms with Crippen molar-refractivity contribution in [3.8, 4) is 11.6 Å². The van der Waals surface area contributed by atoms with Crippen LogP contribution >= 0.6 is 11.6 Å². The molecule has 1 aromatic heterocycles. The minimum atomic E-state index is 0.412. The Labute approximate surface area is 152 Å². The summed E-state index contributed by atoms with van der Waals surface area (Å²) in [5, 5.41) is 13.9. The number of ether oxygens (including phenoxy) is 1. The Balaban J connectivity index is 1.87. The highest BCUT2D eigenvalue weighted by Gasteiger charge is 2.27. The Kier molecular flexibility index (Phi) is 5.76. The fourth-order valence-corrected chi connectivity index (χ4v) is 2.84. The molecule has 1 N–H and O–H groups in total. The fraction of sp³-hybridized carbons (Fsp3) is 0.368. The van der Waals surface area contributed by atoms with Crippen LogP contribution in [0.15, 0.2) is 47.8 Å². The van der Waals surface area contributed by atoms with Crippen molar-refractivity contribution in [2.24, 2.45) is 11.1 Å². The molecule has 0 radical (unpaired) electrons. The van der Waals surface area contributed by atoms with Gasteiger partial charge in [-0.1, -0.05) is 23.7 Å². The van der Waals surface area contributed by atoms with Crippen LogP contribution in [0, 0.1) is 5.92 Å². The van der Waals surface area contributed by atoms with Crippen LogP contribution in [-0.2, 0) is 0 Å². The lowest BCUT2D eigenvalue weighted by molar-refractivity contribution is 0.297. The fourth-order valence-electron chi connectivity index (χ4n) is 2.71. The van der Waals surface area contributed by atoms with E-state index in [1.165, 1.54) is 12.8 Å². The van der Waals surface area contributed by atoms with Crippen LogP contribution in [0.3, 0.4) is 0 Å². The number of aromatic nitrogens is 1. The van der Waals surface area contributed by atoms with Gasteiger partial charge in [-0.25, -0.2) is 4.98 Å². The lowest BCUT2D eigenvalue weighted by atomic mass is 10.2. The lowest BCUT2D eigenvalue weighted by Crippen LogP contribution is -2.34. The van der Waals surface area contributed by atoms with Crippen LogP contribution in [-0.4, -0.2) is 34.0 Å². The SMILES string of the molecule is CCCN(CC1CC1)/C(=N\O)c1cccnc1Oc1ccc(Cl)cc1. The average molecular weight is 360 g/mol. The standard InChI is InChI=1S/C19H22ClN3O2/c1-2-12-23(13-14-5-6-14)18(22-24)17-4-3-11-21-19(17)25-16-9-7-15(20)8-10-16/h3-4,7-11,14,24H,2,5-6,12-13H2,1H3/b22-18-. The molecule has 0 unspecified atom stereocenters. The van der Waals surface area contributed by atoms with E-state index in [9.17, 15) is 5.21 Å². The summed E-state index contributed by atoms with van der Waals surface area (Å²) in [6.07, 6.45) is 5.11. The summed E-state index contributed by atoms with van der Waals surface area (Å²) in [5.41, 5.74) is 0.675. The van der Waals surface area contributed by atoms with Gasteiger partial charge in [0.25, 0.3) is 0 Å². The van der Waals surface area contributed by atoms with Gasteiger partial charge in [0.05, 0.1) is 5.56 Å². The predicted molar refractivity (Wildman–Crippen MR) is 98.7 cm³/mol. The molecule has 132 valence electrons. The van der Waals surface area contributed by atoms with E-state index in [1.54, 1.807) is 30.5 Å². The number of hydrogen-bond donors (Lipinski definition) is 1. The average Bonchev–Trinajstić information content (AvgIpc) is 3.43. The summed E-state index contributed by atoms with van der Waals surface area (Å²) in [5.74, 6) is 2.23. The summed E-state index contributed by atoms with van der Waals surface area (Å²) in [4.78, 5) is 6.44. The molecule has 1 aliphatic carbocycles. The first-order valence-corrected chi connectivity index (χ1v) is 8.95. The molecule has 1 aliphatic rings. The number of nitrogens with zero attached hydrogens (tertiary/aromatic N) is 3. The van der Waals surface area contributed by atoms with Crippen molar-refractivity contribution >= 4 is 17.4 Å². The van der Waals surface area contributed by atoms with E-state index in [-0.39, 0.29) is 0 Å². The summed E-state index contributed by atoms with van der Waals surface area (Å²) in [6.45, 7) is 3.83. The molecule has 1 fully saturated rings. The van der Waals surface area contributed by atoms with E-state index < -0.39 is 0 Å². The van der Waals surface area contributed by atoms with Gasteiger partial charge in [0, 0.05) is 24.3 Å². The first kappa shape index (κ1) is 17.5. The zero-order valence-electron chi connectivity index (χ0n) is 14.2. The van der Waals surface area contributed by atoms with Crippen LogP contribution in [0.2, 0.25) is 5.02 Å². The molecular weight excluding hydrogens is 338 g/mol. The molecule has 0 spiro atoms. The number of rotatable bonds is 7. The number of pyridine rings is 1. The maximum absolute atomic E-state index is 9.68. The molecule has 0 atom stereocenters. The van der Waals surface area contributed by atoms with Crippen molar-refractivity contribution in [1.29, 1.82) is 0 Å². The molecule has 1 saturated carbocycles. The van der Waals surface area contributed by atoms with Crippen molar-refractivity contribution in [1.82, 2.24) is 9.88 Å². The van der Waals surface area contributed by atoms with Crippen molar-refractivity contribution < 1.29 is 9.94 Å². The van der Waals surface area contributed by atoms with E-state index in [0.29, 0.717) is 34.0 Å². The van der Waals surface area contributed by atoms with Crippen LogP contribution < -0.4 is 4.74 Å². The molecule has 1 aromatic carbocycles. The highest BCUT2D eigenvalue weighted by molar-refractivity contribution is 6.30. The van der Waals surface area contributed by atoms with Gasteiger partial charge in [-0.3, -0.25) is 0 Å². The first-order chi connectivity index (χ1) is 12.2. The van der Waals surface area contributed by atoms with E-state index in [2.05, 4.69) is 22.0 Å². The largest absolute Gasteiger partial charge is 0.438 e. The van der Waals surface area contributed by atoms with Gasteiger partial charge in [0.15, 0.2) is 5.84 Å². The monoisotopic (exact) mass is 359 g/mol. The molecule has 1 heterocycles. The van der Waals surface area contributed by atoms with Gasteiger partial charge in [-0.15, -0.1) is 0 Å². The third-order valence-corrected chi connectivity index (χ3v) is 4.36. The quantitative estimate of drug-likeness (QED) is 0.334. The molecule has 2 aromatic rings. The number of hydrogen-bond acceptors (Lipinski definition) is 4. The van der Waals surface area contributed by atoms with Crippen molar-refractivity contribution in [3.05, 3.63) is 53.2 Å². The molecule has 0 bridgehead atoms. The van der Waals surface area contributed by atoms with Gasteiger partial charge in [-0.05, 0) is 61.6 Å². The highest BCUT2D eigenvalue weighted by atomic mass is 35.5. The second kappa shape index (κ2) is 8.21. The highest BCUT2D eigenvalue weighted by Crippen LogP contribution is 2.31. The van der Waals surface area contributed by atoms with E-state index in [0.717, 1.165) is 19.5 Å². The maximum Gasteiger partial charge on any atom is 0.230 e. The topological polar surface area (TPSA) is 58.0 Å². The summed E-state index contributed by atoms with van der Waals surface area (Å²) in [6, 6.07) is 10.8. The Morgan fingerprint density at radius 1 is 1.32 bits per heavy atom. The third kappa shape index (κ3) is 4.63. The molecule has 25 heavy (non-hydrogen) atoms. The molecule has 3 rings (SSSR count). The molecule has 0 amide bonds. The van der Waals surface area contributed by atoms with Gasteiger partial charge in [-0.2, -0.15) is 0 Å². The van der Waals surface area contributed by atoms with E-state index >= 15 is 0 Å². The second-order valence-electron chi connectivity index (χ2n) is 6.23. The van der Waals surface area contributed by atoms with Crippen molar-refractivity contribution in [3.63, 3.8) is 0 Å². The van der Waals surface area contributed by atoms with E-state index in [4.69, 9.17) is 16.3 Å².